The summed E-state index contributed by atoms with van der Waals surface area (Å²) in [5.41, 5.74) is 0.422. The van der Waals surface area contributed by atoms with E-state index in [2.05, 4.69) is 27.7 Å². The lowest BCUT2D eigenvalue weighted by Crippen LogP contribution is -2.54. The fourth-order valence-electron chi connectivity index (χ4n) is 9.09. The highest BCUT2D eigenvalue weighted by Crippen LogP contribution is 2.68. The highest BCUT2D eigenvalue weighted by molar-refractivity contribution is 6.61. The van der Waals surface area contributed by atoms with Crippen molar-refractivity contribution in [1.82, 2.24) is 0 Å². The van der Waals surface area contributed by atoms with Gasteiger partial charge in [-0.1, -0.05) is 40.5 Å². The second-order valence-corrected chi connectivity index (χ2v) is 11.7. The monoisotopic (exact) mass is 408 g/mol. The summed E-state index contributed by atoms with van der Waals surface area (Å²) >= 11 is 5.51. The second kappa shape index (κ2) is 7.78. The standard InChI is InChI=1S/C25H41ClO2/c1-5-6-16(2)20-9-10-21-19-8-7-17-15-18(28-23(26)27)11-13-24(17,3)22(19)12-14-25(20,21)4/h16-22H,5-15H2,1-4H3/t16-,17?,18?,19?,20-,21?,22?,24+,25-/m1/s1. The normalized spacial score (nSPS) is 48.9. The van der Waals surface area contributed by atoms with Crippen molar-refractivity contribution in [2.24, 2.45) is 46.3 Å². The van der Waals surface area contributed by atoms with Crippen molar-refractivity contribution in [3.8, 4) is 0 Å². The van der Waals surface area contributed by atoms with Gasteiger partial charge in [-0.05, 0) is 104 Å². The molecule has 4 rings (SSSR count). The first kappa shape index (κ1) is 21.0. The molecule has 9 atom stereocenters. The number of fused-ring (bicyclic) bond motifs is 5. The van der Waals surface area contributed by atoms with E-state index in [1.54, 1.807) is 0 Å². The third-order valence-corrected chi connectivity index (χ3v) is 10.5. The summed E-state index contributed by atoms with van der Waals surface area (Å²) in [6, 6.07) is 0. The molecule has 5 unspecified atom stereocenters. The van der Waals surface area contributed by atoms with Crippen LogP contribution in [0, 0.1) is 46.3 Å². The average Bonchev–Trinajstić information content (AvgIpc) is 2.99. The zero-order valence-electron chi connectivity index (χ0n) is 18.5. The summed E-state index contributed by atoms with van der Waals surface area (Å²) in [6.45, 7) is 10.1. The number of carbonyl (C=O) groups excluding carboxylic acids is 1. The molecular weight excluding hydrogens is 368 g/mol. The average molecular weight is 409 g/mol. The maximum atomic E-state index is 11.2. The summed E-state index contributed by atoms with van der Waals surface area (Å²) in [7, 11) is 0. The second-order valence-electron chi connectivity index (χ2n) is 11.4. The largest absolute Gasteiger partial charge is 0.450 e. The van der Waals surface area contributed by atoms with Crippen LogP contribution in [0.5, 0.6) is 0 Å². The molecule has 4 aliphatic rings. The molecule has 0 saturated heterocycles. The minimum Gasteiger partial charge on any atom is -0.450 e. The van der Waals surface area contributed by atoms with Gasteiger partial charge in [0.1, 0.15) is 6.10 Å². The Morgan fingerprint density at radius 3 is 2.46 bits per heavy atom. The van der Waals surface area contributed by atoms with E-state index < -0.39 is 5.43 Å². The molecule has 0 bridgehead atoms. The quantitative estimate of drug-likeness (QED) is 0.443. The van der Waals surface area contributed by atoms with Crippen LogP contribution in [0.2, 0.25) is 0 Å². The predicted octanol–water partition coefficient (Wildman–Crippen LogP) is 7.83. The van der Waals surface area contributed by atoms with E-state index in [1.165, 1.54) is 57.8 Å². The van der Waals surface area contributed by atoms with Gasteiger partial charge in [0.25, 0.3) is 0 Å². The zero-order valence-corrected chi connectivity index (χ0v) is 19.3. The lowest BCUT2D eigenvalue weighted by molar-refractivity contribution is -0.128. The Kier molecular flexibility index (Phi) is 5.84. The van der Waals surface area contributed by atoms with Gasteiger partial charge >= 0.3 is 5.43 Å². The topological polar surface area (TPSA) is 26.3 Å². The molecule has 0 spiro atoms. The van der Waals surface area contributed by atoms with Crippen LogP contribution in [0.15, 0.2) is 0 Å². The number of rotatable bonds is 4. The van der Waals surface area contributed by atoms with E-state index in [0.717, 1.165) is 42.4 Å². The molecule has 0 aromatic rings. The molecule has 0 N–H and O–H groups in total. The lowest BCUT2D eigenvalue weighted by Gasteiger charge is -2.61. The summed E-state index contributed by atoms with van der Waals surface area (Å²) in [6.07, 6.45) is 14.6. The maximum absolute atomic E-state index is 11.2. The number of ether oxygens (including phenoxy) is 1. The van der Waals surface area contributed by atoms with Gasteiger partial charge in [0.2, 0.25) is 0 Å². The van der Waals surface area contributed by atoms with E-state index in [4.69, 9.17) is 16.3 Å². The van der Waals surface area contributed by atoms with Crippen molar-refractivity contribution in [3.05, 3.63) is 0 Å². The van der Waals surface area contributed by atoms with E-state index in [0.29, 0.717) is 16.7 Å². The van der Waals surface area contributed by atoms with Crippen molar-refractivity contribution in [2.45, 2.75) is 104 Å². The van der Waals surface area contributed by atoms with Crippen molar-refractivity contribution >= 4 is 17.0 Å². The van der Waals surface area contributed by atoms with Gasteiger partial charge in [0, 0.05) is 11.6 Å². The fraction of sp³-hybridized carbons (Fsp3) is 0.960. The lowest BCUT2D eigenvalue weighted by atomic mass is 9.44. The highest BCUT2D eigenvalue weighted by atomic mass is 35.5. The van der Waals surface area contributed by atoms with Gasteiger partial charge in [-0.3, -0.25) is 0 Å². The van der Waals surface area contributed by atoms with Crippen molar-refractivity contribution < 1.29 is 9.53 Å². The van der Waals surface area contributed by atoms with Crippen LogP contribution < -0.4 is 0 Å². The molecular formula is C25H41ClO2. The minimum atomic E-state index is -0.617. The van der Waals surface area contributed by atoms with Crippen LogP contribution in [0.25, 0.3) is 0 Å². The summed E-state index contributed by atoms with van der Waals surface area (Å²) < 4.78 is 5.40. The van der Waals surface area contributed by atoms with Gasteiger partial charge in [-0.25, -0.2) is 4.79 Å². The van der Waals surface area contributed by atoms with Crippen LogP contribution in [0.4, 0.5) is 4.79 Å². The molecule has 0 aromatic heterocycles. The summed E-state index contributed by atoms with van der Waals surface area (Å²) in [5, 5.41) is 0. The third kappa shape index (κ3) is 3.34. The van der Waals surface area contributed by atoms with E-state index in [9.17, 15) is 4.79 Å². The smallest absolute Gasteiger partial charge is 0.404 e. The number of hydrogen-bond acceptors (Lipinski definition) is 2. The first-order valence-corrected chi connectivity index (χ1v) is 12.5. The van der Waals surface area contributed by atoms with E-state index >= 15 is 0 Å². The third-order valence-electron chi connectivity index (χ3n) is 10.4. The summed E-state index contributed by atoms with van der Waals surface area (Å²) in [5.74, 6) is 5.32. The van der Waals surface area contributed by atoms with Crippen LogP contribution in [-0.4, -0.2) is 11.5 Å². The van der Waals surface area contributed by atoms with Gasteiger partial charge in [-0.2, -0.15) is 0 Å². The maximum Gasteiger partial charge on any atom is 0.404 e. The van der Waals surface area contributed by atoms with Gasteiger partial charge < -0.3 is 4.74 Å². The Morgan fingerprint density at radius 2 is 1.75 bits per heavy atom. The van der Waals surface area contributed by atoms with Gasteiger partial charge in [0.05, 0.1) is 0 Å². The van der Waals surface area contributed by atoms with E-state index in [1.807, 2.05) is 0 Å². The molecule has 0 aliphatic heterocycles. The van der Waals surface area contributed by atoms with E-state index in [-0.39, 0.29) is 6.10 Å². The Bertz CT molecular complexity index is 591. The SMILES string of the molecule is CCC[C@@H](C)[C@H]1CCC2C3CCC4CC(OC(=O)Cl)CC[C@]4(C)C3CC[C@@]21C. The Balaban J connectivity index is 1.50. The van der Waals surface area contributed by atoms with Crippen LogP contribution in [0.1, 0.15) is 98.3 Å². The Morgan fingerprint density at radius 1 is 1.04 bits per heavy atom. The first-order valence-electron chi connectivity index (χ1n) is 12.2. The van der Waals surface area contributed by atoms with Gasteiger partial charge in [0.15, 0.2) is 0 Å². The predicted molar refractivity (Wildman–Crippen MR) is 115 cm³/mol. The number of carbonyl (C=O) groups is 1. The Hall–Kier alpha value is -0.240. The fourth-order valence-corrected chi connectivity index (χ4v) is 9.21. The molecule has 2 nitrogen and oxygen atoms in total. The van der Waals surface area contributed by atoms with Gasteiger partial charge in [-0.15, -0.1) is 0 Å². The highest BCUT2D eigenvalue weighted by Gasteiger charge is 2.60. The van der Waals surface area contributed by atoms with Crippen LogP contribution in [-0.2, 0) is 4.74 Å². The molecule has 4 aliphatic carbocycles. The minimum absolute atomic E-state index is 0.0548. The molecule has 160 valence electrons. The zero-order chi connectivity index (χ0) is 20.1. The van der Waals surface area contributed by atoms with Crippen molar-refractivity contribution in [1.29, 1.82) is 0 Å². The first-order chi connectivity index (χ1) is 13.3. The van der Waals surface area contributed by atoms with Crippen molar-refractivity contribution in [3.63, 3.8) is 0 Å². The molecule has 3 heteroatoms. The Labute approximate surface area is 177 Å². The molecule has 0 aromatic carbocycles. The molecule has 0 radical (unpaired) electrons. The summed E-state index contributed by atoms with van der Waals surface area (Å²) in [4.78, 5) is 11.2. The molecule has 4 fully saturated rings. The van der Waals surface area contributed by atoms with Crippen molar-refractivity contribution in [2.75, 3.05) is 0 Å². The van der Waals surface area contributed by atoms with Crippen LogP contribution >= 0.6 is 11.6 Å². The molecule has 4 saturated carbocycles. The molecule has 0 heterocycles. The molecule has 28 heavy (non-hydrogen) atoms. The van der Waals surface area contributed by atoms with Crippen LogP contribution in [0.3, 0.4) is 0 Å². The molecule has 0 amide bonds. The number of hydrogen-bond donors (Lipinski definition) is 0. The number of halogens is 1.